The minimum atomic E-state index is -0.534. The number of thioether (sulfide) groups is 1. The molecule has 3 rings (SSSR count). The van der Waals surface area contributed by atoms with E-state index in [1.165, 1.54) is 11.8 Å². The Morgan fingerprint density at radius 3 is 3.04 bits per heavy atom. The molecule has 1 aromatic heterocycles. The van der Waals surface area contributed by atoms with E-state index >= 15 is 0 Å². The molecule has 0 bridgehead atoms. The zero-order valence-corrected chi connectivity index (χ0v) is 16.1. The summed E-state index contributed by atoms with van der Waals surface area (Å²) in [7, 11) is 1.57. The third kappa shape index (κ3) is 5.12. The Balaban J connectivity index is 1.63. The van der Waals surface area contributed by atoms with Crippen LogP contribution in [0.5, 0.6) is 5.88 Å². The van der Waals surface area contributed by atoms with Crippen LogP contribution in [0, 0.1) is 0 Å². The van der Waals surface area contributed by atoms with Crippen molar-refractivity contribution in [2.45, 2.75) is 16.6 Å². The number of hydrogen-bond acceptors (Lipinski definition) is 6. The van der Waals surface area contributed by atoms with E-state index in [1.807, 2.05) is 6.07 Å². The normalized spacial score (nSPS) is 15.6. The molecule has 2 heterocycles. The number of aromatic nitrogens is 1. The van der Waals surface area contributed by atoms with Crippen LogP contribution in [-0.4, -0.2) is 42.4 Å². The summed E-state index contributed by atoms with van der Waals surface area (Å²) in [5, 5.41) is 5.56. The third-order valence-electron chi connectivity index (χ3n) is 3.70. The molecule has 0 aliphatic carbocycles. The van der Waals surface area contributed by atoms with E-state index < -0.39 is 5.25 Å². The second-order valence-electron chi connectivity index (χ2n) is 5.69. The molecule has 0 radical (unpaired) electrons. The van der Waals surface area contributed by atoms with Gasteiger partial charge in [-0.05, 0) is 30.3 Å². The number of halogens is 1. The van der Waals surface area contributed by atoms with E-state index in [4.69, 9.17) is 21.1 Å². The maximum atomic E-state index is 12.4. The van der Waals surface area contributed by atoms with E-state index in [1.54, 1.807) is 37.6 Å². The maximum absolute atomic E-state index is 12.4. The standard InChI is InChI=1S/C18H18ClN3O4S/c1-25-7-8-26-18-12(3-2-6-20-18)21-16(23)10-15-17(24)22-13-9-11(19)4-5-14(13)27-15/h2-6,9,15H,7-8,10H2,1H3,(H,21,23)(H,22,24). The number of rotatable bonds is 7. The van der Waals surface area contributed by atoms with Crippen LogP contribution < -0.4 is 15.4 Å². The first-order valence-electron chi connectivity index (χ1n) is 8.20. The molecule has 0 spiro atoms. The Bertz CT molecular complexity index is 849. The summed E-state index contributed by atoms with van der Waals surface area (Å²) in [6.45, 7) is 0.725. The van der Waals surface area contributed by atoms with Crippen molar-refractivity contribution in [2.75, 3.05) is 31.0 Å². The summed E-state index contributed by atoms with van der Waals surface area (Å²) in [6.07, 6.45) is 1.59. The maximum Gasteiger partial charge on any atom is 0.238 e. The van der Waals surface area contributed by atoms with Crippen molar-refractivity contribution in [2.24, 2.45) is 0 Å². The van der Waals surface area contributed by atoms with Gasteiger partial charge < -0.3 is 20.1 Å². The van der Waals surface area contributed by atoms with Gasteiger partial charge in [-0.1, -0.05) is 11.6 Å². The Morgan fingerprint density at radius 2 is 2.22 bits per heavy atom. The average Bonchev–Trinajstić information content (AvgIpc) is 2.64. The van der Waals surface area contributed by atoms with Crippen LogP contribution in [0.4, 0.5) is 11.4 Å². The molecule has 0 saturated carbocycles. The Kier molecular flexibility index (Phi) is 6.54. The number of carbonyl (C=O) groups is 2. The monoisotopic (exact) mass is 407 g/mol. The first kappa shape index (κ1) is 19.5. The summed E-state index contributed by atoms with van der Waals surface area (Å²) < 4.78 is 10.4. The molecule has 142 valence electrons. The van der Waals surface area contributed by atoms with Crippen LogP contribution >= 0.6 is 23.4 Å². The molecule has 1 aromatic carbocycles. The van der Waals surface area contributed by atoms with Crippen molar-refractivity contribution < 1.29 is 19.1 Å². The quantitative estimate of drug-likeness (QED) is 0.685. The van der Waals surface area contributed by atoms with Gasteiger partial charge in [0.15, 0.2) is 0 Å². The largest absolute Gasteiger partial charge is 0.474 e. The fourth-order valence-corrected chi connectivity index (χ4v) is 3.71. The molecule has 0 saturated heterocycles. The van der Waals surface area contributed by atoms with Gasteiger partial charge in [0.25, 0.3) is 0 Å². The number of methoxy groups -OCH3 is 1. The third-order valence-corrected chi connectivity index (χ3v) is 5.21. The molecule has 2 amide bonds. The molecule has 2 aromatic rings. The Hall–Kier alpha value is -2.29. The predicted octanol–water partition coefficient (Wildman–Crippen LogP) is 3.20. The van der Waals surface area contributed by atoms with Gasteiger partial charge in [-0.3, -0.25) is 9.59 Å². The molecule has 1 atom stereocenters. The lowest BCUT2D eigenvalue weighted by Gasteiger charge is -2.24. The minimum absolute atomic E-state index is 0.0188. The second kappa shape index (κ2) is 9.07. The number of benzene rings is 1. The van der Waals surface area contributed by atoms with E-state index in [9.17, 15) is 9.59 Å². The lowest BCUT2D eigenvalue weighted by Crippen LogP contribution is -2.32. The van der Waals surface area contributed by atoms with Gasteiger partial charge in [0, 0.05) is 29.6 Å². The lowest BCUT2D eigenvalue weighted by atomic mass is 10.2. The topological polar surface area (TPSA) is 89.6 Å². The summed E-state index contributed by atoms with van der Waals surface area (Å²) in [5.41, 5.74) is 1.11. The fourth-order valence-electron chi connectivity index (χ4n) is 2.45. The fraction of sp³-hybridized carbons (Fsp3) is 0.278. The van der Waals surface area contributed by atoms with Crippen molar-refractivity contribution in [3.05, 3.63) is 41.6 Å². The smallest absolute Gasteiger partial charge is 0.238 e. The molecule has 0 fully saturated rings. The predicted molar refractivity (Wildman–Crippen MR) is 105 cm³/mol. The van der Waals surface area contributed by atoms with Crippen molar-refractivity contribution in [3.63, 3.8) is 0 Å². The van der Waals surface area contributed by atoms with Crippen LogP contribution in [0.15, 0.2) is 41.4 Å². The lowest BCUT2D eigenvalue weighted by molar-refractivity contribution is -0.120. The Morgan fingerprint density at radius 1 is 1.37 bits per heavy atom. The van der Waals surface area contributed by atoms with Crippen molar-refractivity contribution in [3.8, 4) is 5.88 Å². The van der Waals surface area contributed by atoms with Crippen molar-refractivity contribution in [1.29, 1.82) is 0 Å². The molecular formula is C18H18ClN3O4S. The zero-order valence-electron chi connectivity index (χ0n) is 14.5. The number of anilines is 2. The highest BCUT2D eigenvalue weighted by Gasteiger charge is 2.29. The first-order chi connectivity index (χ1) is 13.1. The summed E-state index contributed by atoms with van der Waals surface area (Å²) in [4.78, 5) is 29.7. The molecule has 2 N–H and O–H groups in total. The molecule has 1 aliphatic rings. The number of ether oxygens (including phenoxy) is 2. The number of pyridine rings is 1. The number of hydrogen-bond donors (Lipinski definition) is 2. The number of nitrogens with one attached hydrogen (secondary N) is 2. The highest BCUT2D eigenvalue weighted by atomic mass is 35.5. The first-order valence-corrected chi connectivity index (χ1v) is 9.46. The van der Waals surface area contributed by atoms with Crippen LogP contribution in [0.1, 0.15) is 6.42 Å². The van der Waals surface area contributed by atoms with Crippen LogP contribution in [0.25, 0.3) is 0 Å². The molecular weight excluding hydrogens is 390 g/mol. The zero-order chi connectivity index (χ0) is 19.2. The van der Waals surface area contributed by atoms with E-state index in [0.717, 1.165) is 4.90 Å². The van der Waals surface area contributed by atoms with Gasteiger partial charge in [0.1, 0.15) is 12.3 Å². The summed E-state index contributed by atoms with van der Waals surface area (Å²) >= 11 is 7.28. The van der Waals surface area contributed by atoms with E-state index in [2.05, 4.69) is 15.6 Å². The number of amides is 2. The summed E-state index contributed by atoms with van der Waals surface area (Å²) in [5.74, 6) is -0.221. The number of nitrogens with zero attached hydrogens (tertiary/aromatic N) is 1. The minimum Gasteiger partial charge on any atom is -0.474 e. The van der Waals surface area contributed by atoms with Gasteiger partial charge >= 0.3 is 0 Å². The van der Waals surface area contributed by atoms with Gasteiger partial charge in [0.2, 0.25) is 17.7 Å². The van der Waals surface area contributed by atoms with E-state index in [0.29, 0.717) is 35.5 Å². The van der Waals surface area contributed by atoms with Crippen molar-refractivity contribution in [1.82, 2.24) is 4.98 Å². The van der Waals surface area contributed by atoms with Gasteiger partial charge in [-0.15, -0.1) is 11.8 Å². The SMILES string of the molecule is COCCOc1ncccc1NC(=O)CC1Sc2ccc(Cl)cc2NC1=O. The van der Waals surface area contributed by atoms with Crippen LogP contribution in [-0.2, 0) is 14.3 Å². The number of carbonyl (C=O) groups excluding carboxylic acids is 2. The highest BCUT2D eigenvalue weighted by Crippen LogP contribution is 2.38. The second-order valence-corrected chi connectivity index (χ2v) is 7.37. The number of fused-ring (bicyclic) bond motifs is 1. The summed E-state index contributed by atoms with van der Waals surface area (Å²) in [6, 6.07) is 8.66. The molecule has 1 aliphatic heterocycles. The molecule has 1 unspecified atom stereocenters. The average molecular weight is 408 g/mol. The molecule has 9 heteroatoms. The van der Waals surface area contributed by atoms with Crippen molar-refractivity contribution >= 4 is 46.6 Å². The Labute approximate surface area is 165 Å². The van der Waals surface area contributed by atoms with Gasteiger partial charge in [-0.25, -0.2) is 4.98 Å². The molecule has 27 heavy (non-hydrogen) atoms. The van der Waals surface area contributed by atoms with Crippen LogP contribution in [0.2, 0.25) is 5.02 Å². The van der Waals surface area contributed by atoms with Gasteiger partial charge in [-0.2, -0.15) is 0 Å². The van der Waals surface area contributed by atoms with Crippen LogP contribution in [0.3, 0.4) is 0 Å². The highest BCUT2D eigenvalue weighted by molar-refractivity contribution is 8.01. The van der Waals surface area contributed by atoms with E-state index in [-0.39, 0.29) is 18.2 Å². The van der Waals surface area contributed by atoms with Gasteiger partial charge in [0.05, 0.1) is 17.5 Å². The molecule has 7 nitrogen and oxygen atoms in total.